The van der Waals surface area contributed by atoms with Gasteiger partial charge in [-0.05, 0) is 60.6 Å². The van der Waals surface area contributed by atoms with Crippen LogP contribution in [-0.4, -0.2) is 39.8 Å². The van der Waals surface area contributed by atoms with Crippen molar-refractivity contribution in [1.82, 2.24) is 9.88 Å². The summed E-state index contributed by atoms with van der Waals surface area (Å²) in [5, 5.41) is 11.6. The molecule has 5 heteroatoms. The van der Waals surface area contributed by atoms with Crippen LogP contribution in [0.2, 0.25) is 0 Å². The smallest absolute Gasteiger partial charge is 0.410 e. The molecule has 2 saturated heterocycles. The third kappa shape index (κ3) is 3.50. The number of hydrogen-bond acceptors (Lipinski definition) is 4. The van der Waals surface area contributed by atoms with Gasteiger partial charge in [0, 0.05) is 36.5 Å². The van der Waals surface area contributed by atoms with Gasteiger partial charge in [0.25, 0.3) is 0 Å². The summed E-state index contributed by atoms with van der Waals surface area (Å²) in [6, 6.07) is 22.5. The van der Waals surface area contributed by atoms with E-state index in [1.54, 1.807) is 0 Å². The van der Waals surface area contributed by atoms with Crippen LogP contribution in [0.3, 0.4) is 0 Å². The number of nitrogens with zero attached hydrogens (tertiary/aromatic N) is 2. The van der Waals surface area contributed by atoms with Gasteiger partial charge in [0.2, 0.25) is 0 Å². The van der Waals surface area contributed by atoms with Crippen LogP contribution in [0.4, 0.5) is 4.79 Å². The second kappa shape index (κ2) is 8.24. The lowest BCUT2D eigenvalue weighted by Gasteiger charge is -2.51. The lowest BCUT2D eigenvalue weighted by Crippen LogP contribution is -2.59. The molecule has 2 bridgehead atoms. The monoisotopic (exact) mass is 454 g/mol. The third-order valence-corrected chi connectivity index (χ3v) is 7.92. The van der Waals surface area contributed by atoms with Gasteiger partial charge in [-0.15, -0.1) is 0 Å². The van der Waals surface area contributed by atoms with Crippen molar-refractivity contribution in [3.63, 3.8) is 0 Å². The highest BCUT2D eigenvalue weighted by Crippen LogP contribution is 2.46. The van der Waals surface area contributed by atoms with Crippen LogP contribution in [0.15, 0.2) is 66.7 Å². The van der Waals surface area contributed by atoms with E-state index < -0.39 is 5.60 Å². The molecular formula is C29H30N2O3. The molecule has 6 rings (SSSR count). The van der Waals surface area contributed by atoms with E-state index >= 15 is 0 Å². The van der Waals surface area contributed by atoms with E-state index in [1.807, 2.05) is 30.0 Å². The van der Waals surface area contributed by atoms with Crippen LogP contribution in [-0.2, 0) is 10.3 Å². The zero-order valence-electron chi connectivity index (χ0n) is 19.5. The molecule has 1 aromatic heterocycles. The predicted octanol–water partition coefficient (Wildman–Crippen LogP) is 5.54. The van der Waals surface area contributed by atoms with Gasteiger partial charge in [-0.1, -0.05) is 54.6 Å². The Labute approximate surface area is 200 Å². The molecule has 174 valence electrons. The number of benzene rings is 2. The maximum absolute atomic E-state index is 13.4. The number of carbonyl (C=O) groups excluding carboxylic acids is 1. The largest absolute Gasteiger partial charge is 0.448 e. The number of aryl methyl sites for hydroxylation is 1. The summed E-state index contributed by atoms with van der Waals surface area (Å²) in [5.74, 6) is 0.0504. The Morgan fingerprint density at radius 1 is 0.971 bits per heavy atom. The summed E-state index contributed by atoms with van der Waals surface area (Å²) >= 11 is 0. The van der Waals surface area contributed by atoms with Crippen LogP contribution < -0.4 is 0 Å². The maximum Gasteiger partial charge on any atom is 0.410 e. The Hall–Kier alpha value is -3.18. The van der Waals surface area contributed by atoms with Crippen LogP contribution in [0.25, 0.3) is 11.1 Å². The Bertz CT molecular complexity index is 1180. The highest BCUT2D eigenvalue weighted by molar-refractivity contribution is 5.79. The number of ether oxygens (including phenoxy) is 1. The Kier molecular flexibility index (Phi) is 5.18. The third-order valence-electron chi connectivity index (χ3n) is 7.92. The fourth-order valence-corrected chi connectivity index (χ4v) is 6.41. The molecule has 2 aliphatic heterocycles. The SMILES string of the molecule is Cc1cccc(C2(O)CC3CCCC(C2)N3C(=O)OCC2c3ccccc3-c3ccccc32)n1. The Morgan fingerprint density at radius 2 is 1.59 bits per heavy atom. The van der Waals surface area contributed by atoms with Crippen LogP contribution in [0.1, 0.15) is 60.5 Å². The average Bonchev–Trinajstić information content (AvgIpc) is 3.16. The van der Waals surface area contributed by atoms with E-state index in [0.29, 0.717) is 19.4 Å². The highest BCUT2D eigenvalue weighted by atomic mass is 16.6. The number of hydrogen-bond donors (Lipinski definition) is 1. The van der Waals surface area contributed by atoms with Crippen LogP contribution in [0, 0.1) is 6.92 Å². The number of rotatable bonds is 3. The molecule has 2 fully saturated rings. The van der Waals surface area contributed by atoms with Crippen LogP contribution in [0.5, 0.6) is 0 Å². The van der Waals surface area contributed by atoms with Gasteiger partial charge in [-0.2, -0.15) is 0 Å². The van der Waals surface area contributed by atoms with E-state index in [4.69, 9.17) is 4.74 Å². The van der Waals surface area contributed by atoms with Crippen molar-refractivity contribution in [3.05, 3.63) is 89.2 Å². The number of aromatic nitrogens is 1. The molecule has 3 aromatic rings. The summed E-state index contributed by atoms with van der Waals surface area (Å²) in [4.78, 5) is 19.9. The molecule has 3 aliphatic rings. The maximum atomic E-state index is 13.4. The zero-order valence-corrected chi connectivity index (χ0v) is 19.5. The van der Waals surface area contributed by atoms with Crippen molar-refractivity contribution in [3.8, 4) is 11.1 Å². The van der Waals surface area contributed by atoms with Crippen molar-refractivity contribution >= 4 is 6.09 Å². The minimum atomic E-state index is -0.998. The van der Waals surface area contributed by atoms with E-state index in [-0.39, 0.29) is 24.1 Å². The molecule has 1 N–H and O–H groups in total. The summed E-state index contributed by atoms with van der Waals surface area (Å²) in [6.45, 7) is 2.27. The molecular weight excluding hydrogens is 424 g/mol. The van der Waals surface area contributed by atoms with Gasteiger partial charge < -0.3 is 14.7 Å². The molecule has 2 aromatic carbocycles. The van der Waals surface area contributed by atoms with Crippen molar-refractivity contribution in [2.75, 3.05) is 6.61 Å². The van der Waals surface area contributed by atoms with Gasteiger partial charge in [0.15, 0.2) is 0 Å². The van der Waals surface area contributed by atoms with Gasteiger partial charge in [0.1, 0.15) is 12.2 Å². The van der Waals surface area contributed by atoms with Crippen molar-refractivity contribution < 1.29 is 14.6 Å². The van der Waals surface area contributed by atoms with Gasteiger partial charge in [-0.3, -0.25) is 4.98 Å². The second-order valence-electron chi connectivity index (χ2n) is 10.1. The summed E-state index contributed by atoms with van der Waals surface area (Å²) in [6.07, 6.45) is 3.59. The molecule has 0 spiro atoms. The Morgan fingerprint density at radius 3 is 2.21 bits per heavy atom. The first-order valence-corrected chi connectivity index (χ1v) is 12.3. The summed E-state index contributed by atoms with van der Waals surface area (Å²) in [7, 11) is 0. The lowest BCUT2D eigenvalue weighted by atomic mass is 9.74. The molecule has 2 unspecified atom stereocenters. The topological polar surface area (TPSA) is 62.7 Å². The number of fused-ring (bicyclic) bond motifs is 5. The van der Waals surface area contributed by atoms with Gasteiger partial charge >= 0.3 is 6.09 Å². The average molecular weight is 455 g/mol. The van der Waals surface area contributed by atoms with Gasteiger partial charge in [0.05, 0.1) is 5.69 Å². The molecule has 0 saturated carbocycles. The first-order chi connectivity index (χ1) is 16.5. The van der Waals surface area contributed by atoms with E-state index in [0.717, 1.165) is 30.7 Å². The number of carbonyl (C=O) groups is 1. The quantitative estimate of drug-likeness (QED) is 0.564. The molecule has 1 aliphatic carbocycles. The normalized spacial score (nSPS) is 25.5. The fourth-order valence-electron chi connectivity index (χ4n) is 6.41. The van der Waals surface area contributed by atoms with Crippen molar-refractivity contribution in [2.24, 2.45) is 0 Å². The molecule has 0 radical (unpaired) electrons. The number of aliphatic hydroxyl groups is 1. The van der Waals surface area contributed by atoms with E-state index in [2.05, 4.69) is 53.5 Å². The van der Waals surface area contributed by atoms with Crippen LogP contribution >= 0.6 is 0 Å². The Balaban J connectivity index is 1.21. The molecule has 34 heavy (non-hydrogen) atoms. The number of piperidine rings is 2. The molecule has 2 atom stereocenters. The van der Waals surface area contributed by atoms with Crippen molar-refractivity contribution in [1.29, 1.82) is 0 Å². The molecule has 1 amide bonds. The number of pyridine rings is 1. The second-order valence-corrected chi connectivity index (χ2v) is 10.1. The molecule has 5 nitrogen and oxygen atoms in total. The first kappa shape index (κ1) is 21.4. The fraction of sp³-hybridized carbons (Fsp3) is 0.379. The summed E-state index contributed by atoms with van der Waals surface area (Å²) in [5.41, 5.74) is 5.51. The standard InChI is InChI=1S/C29H30N2O3/c1-19-8-6-15-27(30-19)29(33)16-20-9-7-10-21(17-29)31(20)28(32)34-18-26-24-13-4-2-11-22(24)23-12-3-5-14-25(23)26/h2-6,8,11-15,20-21,26,33H,7,9-10,16-18H2,1H3. The van der Waals surface area contributed by atoms with Gasteiger partial charge in [-0.25, -0.2) is 4.79 Å². The highest BCUT2D eigenvalue weighted by Gasteiger charge is 2.49. The molecule has 3 heterocycles. The minimum Gasteiger partial charge on any atom is -0.448 e. The first-order valence-electron chi connectivity index (χ1n) is 12.3. The number of amides is 1. The zero-order chi connectivity index (χ0) is 23.3. The van der Waals surface area contributed by atoms with E-state index in [1.165, 1.54) is 22.3 Å². The minimum absolute atomic E-state index is 0.0320. The summed E-state index contributed by atoms with van der Waals surface area (Å²) < 4.78 is 6.00. The lowest BCUT2D eigenvalue weighted by molar-refractivity contribution is -0.0913. The predicted molar refractivity (Wildman–Crippen MR) is 130 cm³/mol. The van der Waals surface area contributed by atoms with Crippen molar-refractivity contribution in [2.45, 2.75) is 62.6 Å². The van der Waals surface area contributed by atoms with E-state index in [9.17, 15) is 9.90 Å².